The number of ether oxygens (including phenoxy) is 2. The Labute approximate surface area is 142 Å². The SMILES string of the molecule is CC(=O)Oc1ccc2c(c1C)O/C(=C\c1c(F)cccc1Cl)C2=O. The van der Waals surface area contributed by atoms with Gasteiger partial charge < -0.3 is 9.47 Å². The van der Waals surface area contributed by atoms with Crippen LogP contribution in [0.1, 0.15) is 28.4 Å². The molecule has 0 saturated heterocycles. The Balaban J connectivity index is 2.04. The minimum atomic E-state index is -0.556. The number of carbonyl (C=O) groups is 2. The zero-order chi connectivity index (χ0) is 17.4. The van der Waals surface area contributed by atoms with Crippen LogP contribution in [-0.4, -0.2) is 11.8 Å². The second kappa shape index (κ2) is 6.09. The third-order valence-electron chi connectivity index (χ3n) is 3.57. The molecule has 0 radical (unpaired) electrons. The van der Waals surface area contributed by atoms with E-state index in [1.165, 1.54) is 43.3 Å². The standard InChI is InChI=1S/C18H12ClFO4/c1-9-15(23-10(2)21)7-6-11-17(22)16(24-18(9)11)8-12-13(19)4-3-5-14(12)20/h3-8H,1-2H3/b16-8-. The monoisotopic (exact) mass is 346 g/mol. The largest absolute Gasteiger partial charge is 0.452 e. The Hall–Kier alpha value is -2.66. The molecule has 0 N–H and O–H groups in total. The van der Waals surface area contributed by atoms with Crippen LogP contribution in [0.15, 0.2) is 36.1 Å². The molecule has 0 aliphatic carbocycles. The molecule has 2 aromatic rings. The van der Waals surface area contributed by atoms with Gasteiger partial charge in [0.25, 0.3) is 0 Å². The van der Waals surface area contributed by atoms with E-state index >= 15 is 0 Å². The smallest absolute Gasteiger partial charge is 0.308 e. The molecule has 1 aliphatic rings. The van der Waals surface area contributed by atoms with Gasteiger partial charge in [-0.15, -0.1) is 0 Å². The molecule has 0 unspecified atom stereocenters. The van der Waals surface area contributed by atoms with Crippen molar-refractivity contribution in [1.82, 2.24) is 0 Å². The van der Waals surface area contributed by atoms with Gasteiger partial charge in [-0.05, 0) is 37.3 Å². The molecule has 0 atom stereocenters. The number of rotatable bonds is 2. The highest BCUT2D eigenvalue weighted by atomic mass is 35.5. The molecule has 0 bridgehead atoms. The zero-order valence-electron chi connectivity index (χ0n) is 12.9. The maximum absolute atomic E-state index is 13.9. The summed E-state index contributed by atoms with van der Waals surface area (Å²) in [6.07, 6.45) is 1.27. The fourth-order valence-corrected chi connectivity index (χ4v) is 2.63. The first-order valence-corrected chi connectivity index (χ1v) is 7.46. The van der Waals surface area contributed by atoms with Crippen molar-refractivity contribution in [2.75, 3.05) is 0 Å². The molecule has 1 aliphatic heterocycles. The van der Waals surface area contributed by atoms with Crippen molar-refractivity contribution >= 4 is 29.4 Å². The molecule has 0 amide bonds. The average Bonchev–Trinajstić information content (AvgIpc) is 2.83. The van der Waals surface area contributed by atoms with Crippen LogP contribution < -0.4 is 9.47 Å². The van der Waals surface area contributed by atoms with Gasteiger partial charge in [-0.2, -0.15) is 0 Å². The Morgan fingerprint density at radius 3 is 2.71 bits per heavy atom. The van der Waals surface area contributed by atoms with Gasteiger partial charge in [-0.3, -0.25) is 9.59 Å². The van der Waals surface area contributed by atoms with Crippen LogP contribution in [0.5, 0.6) is 11.5 Å². The van der Waals surface area contributed by atoms with Gasteiger partial charge in [-0.25, -0.2) is 4.39 Å². The Bertz CT molecular complexity index is 882. The highest BCUT2D eigenvalue weighted by Crippen LogP contribution is 2.39. The maximum Gasteiger partial charge on any atom is 0.308 e. The number of hydrogen-bond donors (Lipinski definition) is 0. The summed E-state index contributed by atoms with van der Waals surface area (Å²) in [5.74, 6) is -0.866. The van der Waals surface area contributed by atoms with E-state index in [1.807, 2.05) is 0 Å². The topological polar surface area (TPSA) is 52.6 Å². The van der Waals surface area contributed by atoms with Crippen LogP contribution in [0.4, 0.5) is 4.39 Å². The maximum atomic E-state index is 13.9. The van der Waals surface area contributed by atoms with Gasteiger partial charge in [0.2, 0.25) is 5.78 Å². The molecule has 1 heterocycles. The van der Waals surface area contributed by atoms with Gasteiger partial charge in [-0.1, -0.05) is 17.7 Å². The van der Waals surface area contributed by atoms with Crippen molar-refractivity contribution in [3.8, 4) is 11.5 Å². The van der Waals surface area contributed by atoms with E-state index in [0.29, 0.717) is 16.9 Å². The van der Waals surface area contributed by atoms with Gasteiger partial charge in [0.15, 0.2) is 5.76 Å². The van der Waals surface area contributed by atoms with Crippen molar-refractivity contribution in [2.24, 2.45) is 0 Å². The summed E-state index contributed by atoms with van der Waals surface area (Å²) < 4.78 is 24.5. The van der Waals surface area contributed by atoms with Crippen molar-refractivity contribution in [1.29, 1.82) is 0 Å². The van der Waals surface area contributed by atoms with Gasteiger partial charge >= 0.3 is 5.97 Å². The number of allylic oxidation sites excluding steroid dienone is 1. The quantitative estimate of drug-likeness (QED) is 0.461. The number of carbonyl (C=O) groups excluding carboxylic acids is 2. The molecule has 0 aromatic heterocycles. The molecule has 2 aromatic carbocycles. The van der Waals surface area contributed by atoms with E-state index in [2.05, 4.69) is 0 Å². The van der Waals surface area contributed by atoms with Crippen LogP contribution in [0.2, 0.25) is 5.02 Å². The molecule has 3 rings (SSSR count). The summed E-state index contributed by atoms with van der Waals surface area (Å²) in [5.41, 5.74) is 0.911. The highest BCUT2D eigenvalue weighted by Gasteiger charge is 2.30. The lowest BCUT2D eigenvalue weighted by Gasteiger charge is -2.08. The van der Waals surface area contributed by atoms with Crippen molar-refractivity contribution in [2.45, 2.75) is 13.8 Å². The summed E-state index contributed by atoms with van der Waals surface area (Å²) in [6.45, 7) is 2.95. The van der Waals surface area contributed by atoms with Crippen molar-refractivity contribution < 1.29 is 23.5 Å². The zero-order valence-corrected chi connectivity index (χ0v) is 13.6. The Kier molecular flexibility index (Phi) is 4.11. The number of ketones is 1. The summed E-state index contributed by atoms with van der Waals surface area (Å²) in [7, 11) is 0. The fraction of sp³-hybridized carbons (Fsp3) is 0.111. The third kappa shape index (κ3) is 2.78. The minimum absolute atomic E-state index is 0.0416. The number of esters is 1. The number of halogens is 2. The summed E-state index contributed by atoms with van der Waals surface area (Å²) in [6, 6.07) is 7.27. The highest BCUT2D eigenvalue weighted by molar-refractivity contribution is 6.32. The van der Waals surface area contributed by atoms with Gasteiger partial charge in [0, 0.05) is 18.1 Å². The lowest BCUT2D eigenvalue weighted by molar-refractivity contribution is -0.131. The first kappa shape index (κ1) is 16.2. The molecular weight excluding hydrogens is 335 g/mol. The molecule has 122 valence electrons. The van der Waals surface area contributed by atoms with E-state index in [0.717, 1.165) is 0 Å². The predicted octanol–water partition coefficient (Wildman–Crippen LogP) is 4.33. The lowest BCUT2D eigenvalue weighted by Crippen LogP contribution is -2.03. The van der Waals surface area contributed by atoms with Gasteiger partial charge in [0.1, 0.15) is 17.3 Å². The summed E-state index contributed by atoms with van der Waals surface area (Å²) >= 11 is 5.97. The number of benzene rings is 2. The van der Waals surface area contributed by atoms with Crippen molar-refractivity contribution in [3.05, 3.63) is 63.6 Å². The van der Waals surface area contributed by atoms with Crippen LogP contribution >= 0.6 is 11.6 Å². The first-order valence-electron chi connectivity index (χ1n) is 7.08. The van der Waals surface area contributed by atoms with Crippen LogP contribution in [0, 0.1) is 12.7 Å². The predicted molar refractivity (Wildman–Crippen MR) is 86.8 cm³/mol. The second-order valence-electron chi connectivity index (χ2n) is 5.23. The molecule has 4 nitrogen and oxygen atoms in total. The van der Waals surface area contributed by atoms with E-state index in [1.54, 1.807) is 6.92 Å². The lowest BCUT2D eigenvalue weighted by atomic mass is 10.1. The molecule has 24 heavy (non-hydrogen) atoms. The minimum Gasteiger partial charge on any atom is -0.452 e. The number of Topliss-reactive ketones (excluding diaryl/α,β-unsaturated/α-hetero) is 1. The van der Waals surface area contributed by atoms with Crippen LogP contribution in [0.3, 0.4) is 0 Å². The Morgan fingerprint density at radius 1 is 1.29 bits per heavy atom. The third-order valence-corrected chi connectivity index (χ3v) is 3.90. The van der Waals surface area contributed by atoms with E-state index < -0.39 is 11.8 Å². The van der Waals surface area contributed by atoms with Gasteiger partial charge in [0.05, 0.1) is 10.6 Å². The first-order chi connectivity index (χ1) is 11.4. The summed E-state index contributed by atoms with van der Waals surface area (Å²) in [4.78, 5) is 23.6. The molecule has 6 heteroatoms. The number of fused-ring (bicyclic) bond motifs is 1. The summed E-state index contributed by atoms with van der Waals surface area (Å²) in [5, 5.41) is 0.173. The molecule has 0 saturated carbocycles. The van der Waals surface area contributed by atoms with Crippen molar-refractivity contribution in [3.63, 3.8) is 0 Å². The Morgan fingerprint density at radius 2 is 2.04 bits per heavy atom. The van der Waals surface area contributed by atoms with E-state index in [-0.39, 0.29) is 27.9 Å². The normalized spacial score (nSPS) is 14.5. The van der Waals surface area contributed by atoms with E-state index in [4.69, 9.17) is 21.1 Å². The fourth-order valence-electron chi connectivity index (χ4n) is 2.41. The van der Waals surface area contributed by atoms with Crippen LogP contribution in [0.25, 0.3) is 6.08 Å². The molecular formula is C18H12ClFO4. The van der Waals surface area contributed by atoms with E-state index in [9.17, 15) is 14.0 Å². The average molecular weight is 347 g/mol. The van der Waals surface area contributed by atoms with Crippen LogP contribution in [-0.2, 0) is 4.79 Å². The molecule has 0 spiro atoms. The molecule has 0 fully saturated rings. The second-order valence-corrected chi connectivity index (χ2v) is 5.64. The number of hydrogen-bond acceptors (Lipinski definition) is 4.